The Kier molecular flexibility index (Phi) is 52.1. The molecule has 0 spiro atoms. The Hall–Kier alpha value is -1.22. The monoisotopic (exact) mass is 979 g/mol. The van der Waals surface area contributed by atoms with Gasteiger partial charge in [0.25, 0.3) is 0 Å². The summed E-state index contributed by atoms with van der Waals surface area (Å²) in [6.45, 7) is 18.5. The predicted octanol–water partition coefficient (Wildman–Crippen LogP) is 17.0. The van der Waals surface area contributed by atoms with Crippen LogP contribution in [0.25, 0.3) is 0 Å². The van der Waals surface area contributed by atoms with Gasteiger partial charge in [0.05, 0.1) is 12.2 Å². The van der Waals surface area contributed by atoms with E-state index in [2.05, 4.69) is 51.3 Å². The molecule has 0 aliphatic heterocycles. The van der Waals surface area contributed by atoms with Gasteiger partial charge >= 0.3 is 11.9 Å². The first kappa shape index (κ1) is 67.8. The molecule has 0 fully saturated rings. The molecule has 0 aromatic carbocycles. The number of ether oxygens (including phenoxy) is 2. The number of rotatable bonds is 56. The molecule has 0 bridgehead atoms. The Morgan fingerprint density at radius 1 is 0.333 bits per heavy atom. The van der Waals surface area contributed by atoms with Crippen molar-refractivity contribution in [2.45, 2.75) is 342 Å². The van der Waals surface area contributed by atoms with E-state index in [1.54, 1.807) is 0 Å². The summed E-state index contributed by atoms with van der Waals surface area (Å²) in [7, 11) is 0. The summed E-state index contributed by atoms with van der Waals surface area (Å²) in [5, 5.41) is 21.2. The molecule has 69 heavy (non-hydrogen) atoms. The number of carbonyl (C=O) groups excluding carboxylic acids is 2. The lowest BCUT2D eigenvalue weighted by molar-refractivity contribution is -0.151. The van der Waals surface area contributed by atoms with Crippen molar-refractivity contribution in [2.75, 3.05) is 39.3 Å². The summed E-state index contributed by atoms with van der Waals surface area (Å²) >= 11 is 0. The standard InChI is InChI=1S/C61H122N2O6/c1-7-13-17-21-27-35-44-58(45-36-28-22-18-14-8-2)68-60(66)48-39-31-25-33-41-50-62(54-56(64)11-5)52-43-53-63(55-57(65)12-6)51-42-34-26-32-40-49-61(67)69-59(46-37-29-23-19-15-9-3)47-38-30-24-20-16-10-4/h56-59,64-65H,7-55H2,1-6H3. The van der Waals surface area contributed by atoms with Crippen LogP contribution in [0.1, 0.15) is 318 Å². The summed E-state index contributed by atoms with van der Waals surface area (Å²) < 4.78 is 12.2. The molecule has 0 radical (unpaired) electrons. The van der Waals surface area contributed by atoms with Crippen molar-refractivity contribution in [1.82, 2.24) is 9.80 Å². The van der Waals surface area contributed by atoms with E-state index in [4.69, 9.17) is 9.47 Å². The van der Waals surface area contributed by atoms with Gasteiger partial charge in [-0.25, -0.2) is 0 Å². The smallest absolute Gasteiger partial charge is 0.306 e. The minimum Gasteiger partial charge on any atom is -0.462 e. The van der Waals surface area contributed by atoms with Crippen molar-refractivity contribution in [2.24, 2.45) is 0 Å². The minimum atomic E-state index is -0.307. The van der Waals surface area contributed by atoms with E-state index in [0.717, 1.165) is 135 Å². The molecule has 0 rings (SSSR count). The van der Waals surface area contributed by atoms with E-state index in [1.807, 2.05) is 0 Å². The first-order valence-electron chi connectivity index (χ1n) is 30.9. The van der Waals surface area contributed by atoms with Gasteiger partial charge in [-0.15, -0.1) is 0 Å². The molecule has 0 saturated heterocycles. The summed E-state index contributed by atoms with van der Waals surface area (Å²) in [5.74, 6) is 0.0129. The molecule has 0 aromatic heterocycles. The Morgan fingerprint density at radius 2 is 0.580 bits per heavy atom. The maximum absolute atomic E-state index is 12.9. The molecule has 8 nitrogen and oxygen atoms in total. The maximum Gasteiger partial charge on any atom is 0.306 e. The lowest BCUT2D eigenvalue weighted by Crippen LogP contribution is -2.38. The van der Waals surface area contributed by atoms with Crippen LogP contribution in [0.5, 0.6) is 0 Å². The molecular formula is C61H122N2O6. The van der Waals surface area contributed by atoms with E-state index in [1.165, 1.54) is 154 Å². The van der Waals surface area contributed by atoms with Gasteiger partial charge in [0, 0.05) is 25.9 Å². The zero-order valence-electron chi connectivity index (χ0n) is 47.4. The zero-order valence-corrected chi connectivity index (χ0v) is 47.4. The third kappa shape index (κ3) is 47.5. The zero-order chi connectivity index (χ0) is 50.7. The van der Waals surface area contributed by atoms with Crippen LogP contribution in [0.2, 0.25) is 0 Å². The Balaban J connectivity index is 4.67. The van der Waals surface area contributed by atoms with Crippen LogP contribution in [-0.4, -0.2) is 95.6 Å². The fraction of sp³-hybridized carbons (Fsp3) is 0.967. The fourth-order valence-corrected chi connectivity index (χ4v) is 9.85. The summed E-state index contributed by atoms with van der Waals surface area (Å²) in [4.78, 5) is 30.7. The maximum atomic E-state index is 12.9. The molecule has 0 aliphatic rings. The Labute approximate surface area is 430 Å². The van der Waals surface area contributed by atoms with Crippen LogP contribution in [-0.2, 0) is 19.1 Å². The number of aliphatic hydroxyl groups excluding tert-OH is 2. The van der Waals surface area contributed by atoms with Crippen molar-refractivity contribution in [3.8, 4) is 0 Å². The average molecular weight is 980 g/mol. The van der Waals surface area contributed by atoms with Gasteiger partial charge < -0.3 is 29.5 Å². The van der Waals surface area contributed by atoms with Crippen molar-refractivity contribution >= 4 is 11.9 Å². The molecule has 0 aliphatic carbocycles. The van der Waals surface area contributed by atoms with Crippen LogP contribution in [0.4, 0.5) is 0 Å². The molecule has 8 heteroatoms. The van der Waals surface area contributed by atoms with Crippen LogP contribution >= 0.6 is 0 Å². The predicted molar refractivity (Wildman–Crippen MR) is 297 cm³/mol. The fourth-order valence-electron chi connectivity index (χ4n) is 9.85. The third-order valence-corrected chi connectivity index (χ3v) is 14.7. The molecule has 2 N–H and O–H groups in total. The van der Waals surface area contributed by atoms with Crippen LogP contribution in [0, 0.1) is 0 Å². The second-order valence-corrected chi connectivity index (χ2v) is 21.6. The summed E-state index contributed by atoms with van der Waals surface area (Å²) in [5.41, 5.74) is 0. The number of hydrogen-bond acceptors (Lipinski definition) is 8. The number of carbonyl (C=O) groups is 2. The molecule has 2 atom stereocenters. The van der Waals surface area contributed by atoms with Crippen LogP contribution in [0.15, 0.2) is 0 Å². The average Bonchev–Trinajstić information content (AvgIpc) is 3.34. The van der Waals surface area contributed by atoms with E-state index in [-0.39, 0.29) is 36.4 Å². The van der Waals surface area contributed by atoms with Gasteiger partial charge in [-0.05, 0) is 122 Å². The van der Waals surface area contributed by atoms with Crippen molar-refractivity contribution in [1.29, 1.82) is 0 Å². The number of hydrogen-bond donors (Lipinski definition) is 2. The number of unbranched alkanes of at least 4 members (excludes halogenated alkanes) is 28. The second kappa shape index (κ2) is 53.1. The highest BCUT2D eigenvalue weighted by Gasteiger charge is 2.17. The highest BCUT2D eigenvalue weighted by molar-refractivity contribution is 5.69. The van der Waals surface area contributed by atoms with Gasteiger partial charge in [-0.3, -0.25) is 9.59 Å². The second-order valence-electron chi connectivity index (χ2n) is 21.6. The van der Waals surface area contributed by atoms with Gasteiger partial charge in [0.2, 0.25) is 0 Å². The van der Waals surface area contributed by atoms with E-state index in [0.29, 0.717) is 25.9 Å². The van der Waals surface area contributed by atoms with E-state index in [9.17, 15) is 19.8 Å². The first-order valence-corrected chi connectivity index (χ1v) is 30.9. The van der Waals surface area contributed by atoms with Gasteiger partial charge in [0.15, 0.2) is 0 Å². The molecule has 0 amide bonds. The van der Waals surface area contributed by atoms with Gasteiger partial charge in [-0.2, -0.15) is 0 Å². The van der Waals surface area contributed by atoms with Crippen LogP contribution in [0.3, 0.4) is 0 Å². The van der Waals surface area contributed by atoms with Gasteiger partial charge in [0.1, 0.15) is 12.2 Å². The quantitative estimate of drug-likeness (QED) is 0.0459. The number of aliphatic hydroxyl groups is 2. The van der Waals surface area contributed by atoms with Gasteiger partial charge in [-0.1, -0.05) is 208 Å². The highest BCUT2D eigenvalue weighted by atomic mass is 16.5. The summed E-state index contributed by atoms with van der Waals surface area (Å²) in [6, 6.07) is 0. The lowest BCUT2D eigenvalue weighted by Gasteiger charge is -2.28. The van der Waals surface area contributed by atoms with Crippen molar-refractivity contribution in [3.63, 3.8) is 0 Å². The molecule has 0 saturated carbocycles. The number of nitrogens with zero attached hydrogens (tertiary/aromatic N) is 2. The van der Waals surface area contributed by atoms with E-state index >= 15 is 0 Å². The normalized spacial score (nSPS) is 12.8. The molecular weight excluding hydrogens is 857 g/mol. The largest absolute Gasteiger partial charge is 0.462 e. The number of esters is 2. The molecule has 2 unspecified atom stereocenters. The first-order chi connectivity index (χ1) is 33.7. The SMILES string of the molecule is CCCCCCCCC(CCCCCCCC)OC(=O)CCCCCCCN(CCCN(CCCCCCCC(=O)OC(CCCCCCCC)CCCCCCCC)CC(O)CC)CC(O)CC. The summed E-state index contributed by atoms with van der Waals surface area (Å²) in [6.07, 6.45) is 48.6. The van der Waals surface area contributed by atoms with Crippen molar-refractivity contribution < 1.29 is 29.3 Å². The minimum absolute atomic E-state index is 0.00644. The highest BCUT2D eigenvalue weighted by Crippen LogP contribution is 2.21. The molecule has 412 valence electrons. The third-order valence-electron chi connectivity index (χ3n) is 14.7. The van der Waals surface area contributed by atoms with Crippen molar-refractivity contribution in [3.05, 3.63) is 0 Å². The van der Waals surface area contributed by atoms with Crippen LogP contribution < -0.4 is 0 Å². The lowest BCUT2D eigenvalue weighted by atomic mass is 10.0. The van der Waals surface area contributed by atoms with E-state index < -0.39 is 0 Å². The Bertz CT molecular complexity index is 949. The topological polar surface area (TPSA) is 99.5 Å². The molecule has 0 aromatic rings. The Morgan fingerprint density at radius 3 is 0.870 bits per heavy atom. The molecule has 0 heterocycles.